The molecule has 0 aliphatic rings. The number of anilines is 2. The van der Waals surface area contributed by atoms with Crippen LogP contribution in [0, 0.1) is 18.8 Å². The van der Waals surface area contributed by atoms with Crippen LogP contribution >= 0.6 is 0 Å². The van der Waals surface area contributed by atoms with E-state index in [1.165, 1.54) is 0 Å². The number of para-hydroxylation sites is 1. The van der Waals surface area contributed by atoms with Crippen molar-refractivity contribution in [3.63, 3.8) is 0 Å². The van der Waals surface area contributed by atoms with Crippen LogP contribution in [-0.4, -0.2) is 37.0 Å². The van der Waals surface area contributed by atoms with Gasteiger partial charge in [0.25, 0.3) is 0 Å². The largest absolute Gasteiger partial charge is 0.480 e. The maximum absolute atomic E-state index is 13.0. The predicted octanol–water partition coefficient (Wildman–Crippen LogP) is 5.81. The third kappa shape index (κ3) is 8.42. The summed E-state index contributed by atoms with van der Waals surface area (Å²) >= 11 is 0. The molecule has 1 amide bonds. The van der Waals surface area contributed by atoms with Crippen LogP contribution in [0.5, 0.6) is 0 Å². The quantitative estimate of drug-likeness (QED) is 0.462. The van der Waals surface area contributed by atoms with E-state index in [4.69, 9.17) is 14.6 Å². The lowest BCUT2D eigenvalue weighted by Gasteiger charge is -2.24. The molecule has 6 heteroatoms. The molecule has 2 aromatic carbocycles. The minimum atomic E-state index is -0.956. The summed E-state index contributed by atoms with van der Waals surface area (Å²) in [4.78, 5) is 25.2. The predicted molar refractivity (Wildman–Crippen MR) is 122 cm³/mol. The summed E-state index contributed by atoms with van der Waals surface area (Å²) in [6.45, 7) is 6.61. The van der Waals surface area contributed by atoms with Gasteiger partial charge in [-0.1, -0.05) is 56.2 Å². The number of hydrogen-bond donors (Lipinski definition) is 1. The fourth-order valence-corrected chi connectivity index (χ4v) is 3.24. The molecule has 0 aliphatic carbocycles. The Balaban J connectivity index is 1.94. The van der Waals surface area contributed by atoms with Crippen molar-refractivity contribution in [3.8, 4) is 0 Å². The zero-order valence-corrected chi connectivity index (χ0v) is 18.6. The number of ether oxygens (including phenoxy) is 2. The van der Waals surface area contributed by atoms with Crippen LogP contribution in [0.25, 0.3) is 0 Å². The fourth-order valence-electron chi connectivity index (χ4n) is 3.24. The first-order valence-corrected chi connectivity index (χ1v) is 10.8. The second-order valence-electron chi connectivity index (χ2n) is 7.95. The van der Waals surface area contributed by atoms with E-state index in [2.05, 4.69) is 6.92 Å². The van der Waals surface area contributed by atoms with E-state index in [-0.39, 0.29) is 18.4 Å². The number of benzene rings is 2. The third-order valence-electron chi connectivity index (χ3n) is 5.20. The minimum Gasteiger partial charge on any atom is -0.480 e. The van der Waals surface area contributed by atoms with Crippen molar-refractivity contribution in [1.29, 1.82) is 0 Å². The SMILES string of the molecule is CC[C@@H](CC[C@H](C)COCC(=O)O)COC(=O)N(c1ccccc1)c1ccc(C)cc1. The van der Waals surface area contributed by atoms with Gasteiger partial charge < -0.3 is 14.6 Å². The monoisotopic (exact) mass is 427 g/mol. The molecule has 2 rings (SSSR count). The summed E-state index contributed by atoms with van der Waals surface area (Å²) in [6.07, 6.45) is 2.27. The summed E-state index contributed by atoms with van der Waals surface area (Å²) in [5.41, 5.74) is 2.64. The molecule has 168 valence electrons. The average Bonchev–Trinajstić information content (AvgIpc) is 2.76. The van der Waals surface area contributed by atoms with Crippen LogP contribution in [0.4, 0.5) is 16.2 Å². The number of rotatable bonds is 12. The number of hydrogen-bond acceptors (Lipinski definition) is 4. The van der Waals surface area contributed by atoms with Crippen molar-refractivity contribution in [2.45, 2.75) is 40.0 Å². The molecule has 0 aliphatic heterocycles. The van der Waals surface area contributed by atoms with Gasteiger partial charge in [-0.3, -0.25) is 0 Å². The van der Waals surface area contributed by atoms with Crippen molar-refractivity contribution in [2.75, 3.05) is 24.7 Å². The first-order chi connectivity index (χ1) is 14.9. The zero-order valence-electron chi connectivity index (χ0n) is 18.6. The molecule has 0 fully saturated rings. The third-order valence-corrected chi connectivity index (χ3v) is 5.20. The van der Waals surface area contributed by atoms with E-state index < -0.39 is 12.1 Å². The van der Waals surface area contributed by atoms with E-state index in [0.29, 0.717) is 13.2 Å². The summed E-state index contributed by atoms with van der Waals surface area (Å²) < 4.78 is 10.9. The highest BCUT2D eigenvalue weighted by atomic mass is 16.6. The van der Waals surface area contributed by atoms with Crippen LogP contribution < -0.4 is 4.90 Å². The number of aryl methyl sites for hydroxylation is 1. The van der Waals surface area contributed by atoms with Gasteiger partial charge in [0, 0.05) is 6.61 Å². The number of carboxylic acids is 1. The lowest BCUT2D eigenvalue weighted by Crippen LogP contribution is -2.28. The van der Waals surface area contributed by atoms with Gasteiger partial charge in [0.15, 0.2) is 0 Å². The van der Waals surface area contributed by atoms with Gasteiger partial charge in [0.2, 0.25) is 0 Å². The highest BCUT2D eigenvalue weighted by Gasteiger charge is 2.21. The highest BCUT2D eigenvalue weighted by molar-refractivity contribution is 5.95. The Morgan fingerprint density at radius 2 is 1.61 bits per heavy atom. The molecule has 0 spiro atoms. The topological polar surface area (TPSA) is 76.1 Å². The number of aliphatic carboxylic acids is 1. The smallest absolute Gasteiger partial charge is 0.418 e. The molecule has 0 saturated carbocycles. The Morgan fingerprint density at radius 1 is 0.968 bits per heavy atom. The minimum absolute atomic E-state index is 0.238. The lowest BCUT2D eigenvalue weighted by atomic mass is 9.96. The molecule has 0 bridgehead atoms. The molecule has 0 saturated heterocycles. The number of nitrogens with zero attached hydrogens (tertiary/aromatic N) is 1. The van der Waals surface area contributed by atoms with Gasteiger partial charge in [0.1, 0.15) is 6.61 Å². The van der Waals surface area contributed by atoms with Crippen LogP contribution in [0.1, 0.15) is 38.7 Å². The Bertz CT molecular complexity index is 806. The summed E-state index contributed by atoms with van der Waals surface area (Å²) in [6, 6.07) is 17.3. The Hall–Kier alpha value is -2.86. The van der Waals surface area contributed by atoms with Crippen molar-refractivity contribution < 1.29 is 24.2 Å². The van der Waals surface area contributed by atoms with E-state index in [1.54, 1.807) is 4.90 Å². The van der Waals surface area contributed by atoms with Crippen molar-refractivity contribution in [2.24, 2.45) is 11.8 Å². The maximum Gasteiger partial charge on any atom is 0.418 e. The first kappa shape index (κ1) is 24.4. The van der Waals surface area contributed by atoms with Crippen molar-refractivity contribution in [1.82, 2.24) is 0 Å². The lowest BCUT2D eigenvalue weighted by molar-refractivity contribution is -0.142. The number of carboxylic acid groups (broad SMARTS) is 1. The van der Waals surface area contributed by atoms with Crippen LogP contribution in [-0.2, 0) is 14.3 Å². The number of amides is 1. The second kappa shape index (κ2) is 12.7. The summed E-state index contributed by atoms with van der Waals surface area (Å²) in [7, 11) is 0. The Morgan fingerprint density at radius 3 is 2.23 bits per heavy atom. The van der Waals surface area contributed by atoms with Crippen molar-refractivity contribution in [3.05, 3.63) is 60.2 Å². The fraction of sp³-hybridized carbons (Fsp3) is 0.440. The van der Waals surface area contributed by atoms with Gasteiger partial charge in [0.05, 0.1) is 18.0 Å². The van der Waals surface area contributed by atoms with Gasteiger partial charge in [-0.05, 0) is 55.9 Å². The molecule has 2 aromatic rings. The van der Waals surface area contributed by atoms with Crippen LogP contribution in [0.2, 0.25) is 0 Å². The van der Waals surface area contributed by atoms with Gasteiger partial charge in [-0.2, -0.15) is 0 Å². The van der Waals surface area contributed by atoms with E-state index in [0.717, 1.165) is 36.2 Å². The van der Waals surface area contributed by atoms with Crippen LogP contribution in [0.3, 0.4) is 0 Å². The van der Waals surface area contributed by atoms with Crippen LogP contribution in [0.15, 0.2) is 54.6 Å². The molecule has 0 heterocycles. The first-order valence-electron chi connectivity index (χ1n) is 10.8. The van der Waals surface area contributed by atoms with Gasteiger partial charge >= 0.3 is 12.1 Å². The molecule has 1 N–H and O–H groups in total. The highest BCUT2D eigenvalue weighted by Crippen LogP contribution is 2.27. The Labute approximate surface area is 184 Å². The molecule has 31 heavy (non-hydrogen) atoms. The number of carbonyl (C=O) groups is 2. The average molecular weight is 428 g/mol. The van der Waals surface area contributed by atoms with E-state index in [1.807, 2.05) is 68.4 Å². The molecule has 0 unspecified atom stereocenters. The second-order valence-corrected chi connectivity index (χ2v) is 7.95. The van der Waals surface area contributed by atoms with Gasteiger partial charge in [-0.15, -0.1) is 0 Å². The number of carbonyl (C=O) groups excluding carboxylic acids is 1. The summed E-state index contributed by atoms with van der Waals surface area (Å²) in [5.74, 6) is -0.471. The zero-order chi connectivity index (χ0) is 22.6. The molecule has 0 radical (unpaired) electrons. The molecule has 0 aromatic heterocycles. The Kier molecular flexibility index (Phi) is 10.0. The molecular weight excluding hydrogens is 394 g/mol. The molecular formula is C25H33NO5. The van der Waals surface area contributed by atoms with Gasteiger partial charge in [-0.25, -0.2) is 14.5 Å². The molecule has 2 atom stereocenters. The maximum atomic E-state index is 13.0. The summed E-state index contributed by atoms with van der Waals surface area (Å²) in [5, 5.41) is 8.65. The molecule has 6 nitrogen and oxygen atoms in total. The van der Waals surface area contributed by atoms with E-state index in [9.17, 15) is 9.59 Å². The van der Waals surface area contributed by atoms with Crippen molar-refractivity contribution >= 4 is 23.4 Å². The van der Waals surface area contributed by atoms with E-state index >= 15 is 0 Å². The normalized spacial score (nSPS) is 12.7. The standard InChI is InChI=1S/C25H33NO5/c1-4-21(13-10-20(3)16-30-18-24(27)28)17-31-25(29)26(22-8-6-5-7-9-22)23-14-11-19(2)12-15-23/h5-9,11-12,14-15,20-21H,4,10,13,16-18H2,1-3H3,(H,27,28)/t20-,21-/m0/s1.